The van der Waals surface area contributed by atoms with Gasteiger partial charge in [0.25, 0.3) is 5.91 Å². The van der Waals surface area contributed by atoms with Gasteiger partial charge in [-0.05, 0) is 36.4 Å². The molecular weight excluding hydrogens is 433 g/mol. The maximum absolute atomic E-state index is 14.3. The van der Waals surface area contributed by atoms with Gasteiger partial charge in [-0.1, -0.05) is 30.3 Å². The van der Waals surface area contributed by atoms with Gasteiger partial charge in [0.05, 0.1) is 28.0 Å². The molecule has 174 valence electrons. The summed E-state index contributed by atoms with van der Waals surface area (Å²) in [5.41, 5.74) is 3.84. The molecule has 5 rings (SSSR count). The fourth-order valence-corrected chi connectivity index (χ4v) is 4.58. The third-order valence-corrected chi connectivity index (χ3v) is 6.50. The first kappa shape index (κ1) is 21.8. The average Bonchev–Trinajstić information content (AvgIpc) is 3.07. The fraction of sp³-hybridized carbons (Fsp3) is 0.231. The Morgan fingerprint density at radius 2 is 1.41 bits per heavy atom. The molecule has 1 fully saturated rings. The Hall–Kier alpha value is -4.07. The van der Waals surface area contributed by atoms with E-state index in [0.717, 1.165) is 37.4 Å². The molecular formula is C26H26FN5O2. The van der Waals surface area contributed by atoms with Crippen molar-refractivity contribution in [2.24, 2.45) is 14.1 Å². The molecule has 4 aromatic rings. The van der Waals surface area contributed by atoms with Crippen molar-refractivity contribution < 1.29 is 9.18 Å². The lowest BCUT2D eigenvalue weighted by Crippen LogP contribution is -2.46. The van der Waals surface area contributed by atoms with Gasteiger partial charge in [-0.25, -0.2) is 9.18 Å². The molecule has 0 bridgehead atoms. The lowest BCUT2D eigenvalue weighted by atomic mass is 10.1. The topological polar surface area (TPSA) is 62.5 Å². The first-order valence-electron chi connectivity index (χ1n) is 11.2. The minimum absolute atomic E-state index is 0.0237. The van der Waals surface area contributed by atoms with Crippen LogP contribution in [0.1, 0.15) is 10.4 Å². The maximum Gasteiger partial charge on any atom is 0.328 e. The Balaban J connectivity index is 1.51. The number of rotatable bonds is 4. The number of hydrogen-bond acceptors (Lipinski definition) is 4. The van der Waals surface area contributed by atoms with E-state index in [-0.39, 0.29) is 11.3 Å². The zero-order valence-corrected chi connectivity index (χ0v) is 19.2. The summed E-state index contributed by atoms with van der Waals surface area (Å²) < 4.78 is 17.4. The van der Waals surface area contributed by atoms with Crippen LogP contribution in [0.4, 0.5) is 21.5 Å². The summed E-state index contributed by atoms with van der Waals surface area (Å²) in [6.45, 7) is 3.11. The minimum Gasteiger partial charge on any atom is -0.368 e. The summed E-state index contributed by atoms with van der Waals surface area (Å²) in [7, 11) is 3.44. The number of carbonyl (C=O) groups excluding carboxylic acids is 1. The quantitative estimate of drug-likeness (QED) is 0.507. The number of imidazole rings is 1. The second-order valence-electron chi connectivity index (χ2n) is 8.50. The second kappa shape index (κ2) is 8.70. The summed E-state index contributed by atoms with van der Waals surface area (Å²) in [4.78, 5) is 30.0. The Kier molecular flexibility index (Phi) is 5.57. The third-order valence-electron chi connectivity index (χ3n) is 6.50. The molecule has 0 saturated carbocycles. The molecule has 1 aliphatic rings. The van der Waals surface area contributed by atoms with Gasteiger partial charge in [0.2, 0.25) is 0 Å². The fourth-order valence-electron chi connectivity index (χ4n) is 4.58. The van der Waals surface area contributed by atoms with Gasteiger partial charge in [-0.2, -0.15) is 0 Å². The molecule has 1 aliphatic heterocycles. The van der Waals surface area contributed by atoms with E-state index in [9.17, 15) is 14.0 Å². The molecule has 1 amide bonds. The molecule has 1 N–H and O–H groups in total. The molecule has 7 nitrogen and oxygen atoms in total. The van der Waals surface area contributed by atoms with Crippen LogP contribution >= 0.6 is 0 Å². The Bertz CT molecular complexity index is 1420. The van der Waals surface area contributed by atoms with Gasteiger partial charge in [0, 0.05) is 46.0 Å². The van der Waals surface area contributed by atoms with Crippen LogP contribution in [0.2, 0.25) is 0 Å². The van der Waals surface area contributed by atoms with E-state index in [0.29, 0.717) is 11.2 Å². The van der Waals surface area contributed by atoms with Gasteiger partial charge in [0.15, 0.2) is 0 Å². The van der Waals surface area contributed by atoms with Crippen molar-refractivity contribution in [1.82, 2.24) is 9.13 Å². The maximum atomic E-state index is 14.3. The Morgan fingerprint density at radius 3 is 2.09 bits per heavy atom. The van der Waals surface area contributed by atoms with Crippen molar-refractivity contribution in [3.05, 3.63) is 88.6 Å². The van der Waals surface area contributed by atoms with Crippen LogP contribution in [-0.4, -0.2) is 41.2 Å². The van der Waals surface area contributed by atoms with E-state index in [1.807, 2.05) is 24.3 Å². The normalized spacial score (nSPS) is 14.0. The van der Waals surface area contributed by atoms with Gasteiger partial charge < -0.3 is 15.1 Å². The summed E-state index contributed by atoms with van der Waals surface area (Å²) in [6.07, 6.45) is 0. The van der Waals surface area contributed by atoms with Gasteiger partial charge in [-0.15, -0.1) is 0 Å². The van der Waals surface area contributed by atoms with Crippen molar-refractivity contribution in [2.45, 2.75) is 0 Å². The number of para-hydroxylation sites is 1. The summed E-state index contributed by atoms with van der Waals surface area (Å²) in [6, 6.07) is 19.9. The molecule has 0 unspecified atom stereocenters. The number of carbonyl (C=O) groups is 1. The van der Waals surface area contributed by atoms with Crippen LogP contribution in [0.15, 0.2) is 71.5 Å². The predicted molar refractivity (Wildman–Crippen MR) is 133 cm³/mol. The molecule has 2 heterocycles. The van der Waals surface area contributed by atoms with Crippen LogP contribution in [0.3, 0.4) is 0 Å². The molecule has 0 radical (unpaired) electrons. The average molecular weight is 460 g/mol. The van der Waals surface area contributed by atoms with Crippen molar-refractivity contribution in [3.8, 4) is 0 Å². The minimum atomic E-state index is -0.578. The third kappa shape index (κ3) is 3.81. The van der Waals surface area contributed by atoms with Crippen LogP contribution < -0.4 is 20.8 Å². The van der Waals surface area contributed by atoms with Crippen molar-refractivity contribution in [1.29, 1.82) is 0 Å². The highest BCUT2D eigenvalue weighted by atomic mass is 19.1. The van der Waals surface area contributed by atoms with E-state index < -0.39 is 11.7 Å². The highest BCUT2D eigenvalue weighted by Gasteiger charge is 2.23. The van der Waals surface area contributed by atoms with Crippen molar-refractivity contribution in [3.63, 3.8) is 0 Å². The van der Waals surface area contributed by atoms with Crippen LogP contribution in [0.5, 0.6) is 0 Å². The van der Waals surface area contributed by atoms with Crippen molar-refractivity contribution >= 4 is 34.0 Å². The zero-order valence-electron chi connectivity index (χ0n) is 19.2. The molecule has 1 aromatic heterocycles. The first-order chi connectivity index (χ1) is 16.4. The molecule has 0 spiro atoms. The number of piperazine rings is 1. The summed E-state index contributed by atoms with van der Waals surface area (Å²) >= 11 is 0. The Labute approximate surface area is 196 Å². The first-order valence-corrected chi connectivity index (χ1v) is 11.2. The highest BCUT2D eigenvalue weighted by Crippen LogP contribution is 2.33. The Morgan fingerprint density at radius 1 is 0.824 bits per heavy atom. The number of amides is 1. The van der Waals surface area contributed by atoms with Crippen molar-refractivity contribution in [2.75, 3.05) is 41.3 Å². The standard InChI is InChI=1S/C26H26FN5O2/c1-29-23-16-21(28-25(33)19-10-6-7-11-20(19)27)22(17-24(23)30(2)26(29)34)32-14-12-31(13-15-32)18-8-4-3-5-9-18/h3-11,16-17H,12-15H2,1-2H3,(H,28,33). The predicted octanol–water partition coefficient (Wildman–Crippen LogP) is 3.60. The number of nitrogens with one attached hydrogen (secondary N) is 1. The lowest BCUT2D eigenvalue weighted by molar-refractivity contribution is 0.102. The number of aromatic nitrogens is 2. The number of hydrogen-bond donors (Lipinski definition) is 1. The zero-order chi connectivity index (χ0) is 23.8. The number of benzene rings is 3. The lowest BCUT2D eigenvalue weighted by Gasteiger charge is -2.38. The van der Waals surface area contributed by atoms with E-state index in [4.69, 9.17) is 0 Å². The van der Waals surface area contributed by atoms with Gasteiger partial charge in [-0.3, -0.25) is 13.9 Å². The molecule has 34 heavy (non-hydrogen) atoms. The molecule has 0 atom stereocenters. The summed E-state index contributed by atoms with van der Waals surface area (Å²) in [5, 5.41) is 2.90. The van der Waals surface area contributed by atoms with Gasteiger partial charge >= 0.3 is 5.69 Å². The molecule has 0 aliphatic carbocycles. The SMILES string of the molecule is Cn1c(=O)n(C)c2cc(N3CCN(c4ccccc4)CC3)c(NC(=O)c3ccccc3F)cc21. The number of anilines is 3. The summed E-state index contributed by atoms with van der Waals surface area (Å²) in [5.74, 6) is -1.10. The van der Waals surface area contributed by atoms with E-state index in [2.05, 4.69) is 27.2 Å². The number of fused-ring (bicyclic) bond motifs is 1. The number of halogens is 1. The van der Waals surface area contributed by atoms with E-state index in [1.54, 1.807) is 41.4 Å². The monoisotopic (exact) mass is 459 g/mol. The van der Waals surface area contributed by atoms with E-state index in [1.165, 1.54) is 17.8 Å². The largest absolute Gasteiger partial charge is 0.368 e. The molecule has 8 heteroatoms. The van der Waals surface area contributed by atoms with Crippen LogP contribution in [-0.2, 0) is 14.1 Å². The smallest absolute Gasteiger partial charge is 0.328 e. The second-order valence-corrected chi connectivity index (χ2v) is 8.50. The van der Waals surface area contributed by atoms with Crippen LogP contribution in [0, 0.1) is 5.82 Å². The highest BCUT2D eigenvalue weighted by molar-refractivity contribution is 6.07. The van der Waals surface area contributed by atoms with Crippen LogP contribution in [0.25, 0.3) is 11.0 Å². The molecule has 3 aromatic carbocycles. The number of aryl methyl sites for hydroxylation is 2. The van der Waals surface area contributed by atoms with E-state index >= 15 is 0 Å². The van der Waals surface area contributed by atoms with Gasteiger partial charge in [0.1, 0.15) is 5.82 Å². The molecule has 1 saturated heterocycles. The number of nitrogens with zero attached hydrogens (tertiary/aromatic N) is 4.